The minimum absolute atomic E-state index is 0.0935. The average Bonchev–Trinajstić information content (AvgIpc) is 3.81. The minimum Gasteiger partial charge on any atom is -0.453 e. The van der Waals surface area contributed by atoms with Crippen molar-refractivity contribution in [1.82, 2.24) is 29.2 Å². The molecule has 288 valence electrons. The van der Waals surface area contributed by atoms with E-state index in [0.29, 0.717) is 34.5 Å². The number of ether oxygens (including phenoxy) is 1. The Balaban J connectivity index is 1.52. The molecule has 3 aromatic heterocycles. The number of aliphatic hydroxyl groups is 1. The number of hydrogen-bond acceptors (Lipinski definition) is 10. The number of fused-ring (bicyclic) bond motifs is 1. The molecule has 0 fully saturated rings. The second-order valence-electron chi connectivity index (χ2n) is 13.8. The van der Waals surface area contributed by atoms with Crippen LogP contribution in [0.3, 0.4) is 0 Å². The molecule has 17 heteroatoms. The number of nitrogens with zero attached hydrogens (tertiary/aromatic N) is 5. The lowest BCUT2D eigenvalue weighted by atomic mass is 9.81. The summed E-state index contributed by atoms with van der Waals surface area (Å²) < 4.78 is 80.3. The predicted octanol–water partition coefficient (Wildman–Crippen LogP) is 6.51. The summed E-state index contributed by atoms with van der Waals surface area (Å²) in [6, 6.07) is 17.1. The Labute approximate surface area is 315 Å². The van der Waals surface area contributed by atoms with Gasteiger partial charge in [0.25, 0.3) is 10.0 Å². The molecular weight excluding hydrogens is 746 g/mol. The van der Waals surface area contributed by atoms with E-state index in [0.717, 1.165) is 11.4 Å². The number of aliphatic hydroxyl groups excluding tert-OH is 1. The number of thiophene rings is 1. The van der Waals surface area contributed by atoms with E-state index in [1.807, 2.05) is 20.8 Å². The fraction of sp³-hybridized carbons (Fsp3) is 0.378. The number of alkyl halides is 3. The monoisotopic (exact) mass is 786 g/mol. The summed E-state index contributed by atoms with van der Waals surface area (Å²) in [5.41, 5.74) is 1.11. The molecule has 0 aliphatic carbocycles. The second-order valence-corrected chi connectivity index (χ2v) is 16.8. The number of halogens is 3. The van der Waals surface area contributed by atoms with E-state index in [4.69, 9.17) is 4.74 Å². The molecule has 2 N–H and O–H groups in total. The van der Waals surface area contributed by atoms with Crippen molar-refractivity contribution in [3.63, 3.8) is 0 Å². The molecule has 0 bridgehead atoms. The van der Waals surface area contributed by atoms with Crippen LogP contribution in [0.1, 0.15) is 72.4 Å². The number of hydrogen-bond donors (Lipinski definition) is 2. The lowest BCUT2D eigenvalue weighted by molar-refractivity contribution is -0.156. The maximum Gasteiger partial charge on any atom is 0.407 e. The third kappa shape index (κ3) is 9.50. The molecule has 3 atom stereocenters. The average molecular weight is 787 g/mol. The molecule has 2 aromatic carbocycles. The standard InChI is InChI=1S/C37H41F3N6O6S2/c1-36(2,3)17-18-46(54(50,51)32-21-45-31(20-41-32)42-23-43-45)27(22-47)30-16-15-29(53-30)26(37(38,39)40)19-28(48)34(44-35(49)52-4)33(24-11-7-5-8-12-24)25-13-9-6-10-14-25/h5-16,20-21,23,26-27,33-34,47H,17-19,22H2,1-4H3,(H,44,49)/t26-,27-,34-/m1/s1. The highest BCUT2D eigenvalue weighted by molar-refractivity contribution is 7.89. The molecule has 5 rings (SSSR count). The summed E-state index contributed by atoms with van der Waals surface area (Å²) in [4.78, 5) is 34.6. The third-order valence-corrected chi connectivity index (χ3v) is 12.0. The second kappa shape index (κ2) is 16.8. The maximum absolute atomic E-state index is 15.0. The van der Waals surface area contributed by atoms with Crippen LogP contribution < -0.4 is 5.32 Å². The van der Waals surface area contributed by atoms with Gasteiger partial charge in [0.05, 0.1) is 38.1 Å². The van der Waals surface area contributed by atoms with Crippen LogP contribution in [-0.4, -0.2) is 81.8 Å². The van der Waals surface area contributed by atoms with Crippen molar-refractivity contribution in [3.05, 3.63) is 112 Å². The highest BCUT2D eigenvalue weighted by Crippen LogP contribution is 2.44. The van der Waals surface area contributed by atoms with Gasteiger partial charge in [0.1, 0.15) is 12.4 Å². The van der Waals surface area contributed by atoms with Crippen molar-refractivity contribution in [2.24, 2.45) is 5.41 Å². The fourth-order valence-electron chi connectivity index (χ4n) is 6.05. The molecule has 12 nitrogen and oxygen atoms in total. The Morgan fingerprint density at radius 2 is 1.57 bits per heavy atom. The van der Waals surface area contributed by atoms with Crippen LogP contribution in [0.15, 0.2) is 96.5 Å². The number of Topliss-reactive ketones (excluding diaryl/α,β-unsaturated/α-hetero) is 1. The van der Waals surface area contributed by atoms with Gasteiger partial charge in [-0.15, -0.1) is 11.3 Å². The zero-order chi connectivity index (χ0) is 39.3. The SMILES string of the molecule is COC(=O)N[C@H](C(=O)C[C@H](c1ccc([C@@H](CO)N(CCC(C)(C)C)S(=O)(=O)c2cn3ncnc3cn2)s1)C(F)(F)F)C(c1ccccc1)c1ccccc1. The summed E-state index contributed by atoms with van der Waals surface area (Å²) in [6.07, 6.45) is -2.99. The Morgan fingerprint density at radius 3 is 2.13 bits per heavy atom. The number of carbonyl (C=O) groups is 2. The van der Waals surface area contributed by atoms with Crippen LogP contribution in [0.5, 0.6) is 0 Å². The summed E-state index contributed by atoms with van der Waals surface area (Å²) >= 11 is 0.652. The Morgan fingerprint density at radius 1 is 0.963 bits per heavy atom. The van der Waals surface area contributed by atoms with Crippen LogP contribution in [0.25, 0.3) is 5.65 Å². The topological polar surface area (TPSA) is 156 Å². The summed E-state index contributed by atoms with van der Waals surface area (Å²) in [5.74, 6) is -4.09. The zero-order valence-corrected chi connectivity index (χ0v) is 31.6. The maximum atomic E-state index is 15.0. The Bertz CT molecular complexity index is 2100. The van der Waals surface area contributed by atoms with E-state index in [1.165, 1.54) is 35.4 Å². The number of amides is 1. The number of ketones is 1. The van der Waals surface area contributed by atoms with Gasteiger partial charge >= 0.3 is 12.3 Å². The van der Waals surface area contributed by atoms with Crippen LogP contribution in [-0.2, 0) is 19.6 Å². The molecule has 1 amide bonds. The first-order valence-corrected chi connectivity index (χ1v) is 19.2. The van der Waals surface area contributed by atoms with Gasteiger partial charge in [0.2, 0.25) is 0 Å². The smallest absolute Gasteiger partial charge is 0.407 e. The molecule has 0 saturated heterocycles. The molecule has 0 unspecified atom stereocenters. The first kappa shape index (κ1) is 40.5. The van der Waals surface area contributed by atoms with Crippen molar-refractivity contribution < 1.29 is 41.0 Å². The van der Waals surface area contributed by atoms with E-state index in [-0.39, 0.29) is 26.7 Å². The van der Waals surface area contributed by atoms with Crippen LogP contribution in [0.4, 0.5) is 18.0 Å². The number of methoxy groups -OCH3 is 1. The zero-order valence-electron chi connectivity index (χ0n) is 30.0. The van der Waals surface area contributed by atoms with Gasteiger partial charge in [0.15, 0.2) is 16.5 Å². The van der Waals surface area contributed by atoms with Crippen LogP contribution in [0.2, 0.25) is 0 Å². The van der Waals surface area contributed by atoms with Crippen molar-refractivity contribution in [2.75, 3.05) is 20.3 Å². The molecular formula is C37H41F3N6O6S2. The Kier molecular flexibility index (Phi) is 12.6. The van der Waals surface area contributed by atoms with Gasteiger partial charge in [-0.1, -0.05) is 81.4 Å². The number of carbonyl (C=O) groups excluding carboxylic acids is 2. The fourth-order valence-corrected chi connectivity index (χ4v) is 8.86. The number of benzene rings is 2. The van der Waals surface area contributed by atoms with E-state index in [1.54, 1.807) is 60.7 Å². The van der Waals surface area contributed by atoms with Crippen LogP contribution in [0, 0.1) is 5.41 Å². The third-order valence-electron chi connectivity index (χ3n) is 8.89. The molecule has 0 saturated carbocycles. The lowest BCUT2D eigenvalue weighted by Crippen LogP contribution is -2.46. The summed E-state index contributed by atoms with van der Waals surface area (Å²) in [5, 5.41) is 16.7. The first-order valence-electron chi connectivity index (χ1n) is 16.9. The number of rotatable bonds is 15. The van der Waals surface area contributed by atoms with Gasteiger partial charge in [0, 0.05) is 28.6 Å². The molecule has 0 radical (unpaired) electrons. The first-order chi connectivity index (χ1) is 25.5. The molecule has 0 aliphatic heterocycles. The Hall–Kier alpha value is -4.71. The number of sulfonamides is 1. The van der Waals surface area contributed by atoms with Crippen molar-refractivity contribution in [1.29, 1.82) is 0 Å². The van der Waals surface area contributed by atoms with Gasteiger partial charge in [-0.25, -0.2) is 27.7 Å². The quantitative estimate of drug-likeness (QED) is 0.121. The van der Waals surface area contributed by atoms with Gasteiger partial charge in [-0.05, 0) is 35.1 Å². The van der Waals surface area contributed by atoms with Crippen LogP contribution >= 0.6 is 11.3 Å². The molecule has 3 heterocycles. The molecule has 5 aromatic rings. The normalized spacial score (nSPS) is 14.3. The molecule has 54 heavy (non-hydrogen) atoms. The van der Waals surface area contributed by atoms with E-state index >= 15 is 0 Å². The van der Waals surface area contributed by atoms with Gasteiger partial charge in [-0.3, -0.25) is 4.79 Å². The summed E-state index contributed by atoms with van der Waals surface area (Å²) in [7, 11) is -3.36. The number of nitrogens with one attached hydrogen (secondary N) is 1. The highest BCUT2D eigenvalue weighted by Gasteiger charge is 2.46. The van der Waals surface area contributed by atoms with Gasteiger partial charge < -0.3 is 15.2 Å². The predicted molar refractivity (Wildman–Crippen MR) is 195 cm³/mol. The minimum atomic E-state index is -4.92. The molecule has 0 spiro atoms. The largest absolute Gasteiger partial charge is 0.453 e. The number of aromatic nitrogens is 4. The lowest BCUT2D eigenvalue weighted by Gasteiger charge is -2.31. The van der Waals surface area contributed by atoms with E-state index < -0.39 is 65.0 Å². The van der Waals surface area contributed by atoms with Crippen molar-refractivity contribution >= 4 is 38.9 Å². The van der Waals surface area contributed by atoms with E-state index in [2.05, 4.69) is 20.4 Å². The molecule has 0 aliphatic rings. The van der Waals surface area contributed by atoms with Crippen molar-refractivity contribution in [2.45, 2.75) is 68.7 Å². The van der Waals surface area contributed by atoms with Crippen molar-refractivity contribution in [3.8, 4) is 0 Å². The van der Waals surface area contributed by atoms with Gasteiger partial charge in [-0.2, -0.15) is 22.6 Å². The summed E-state index contributed by atoms with van der Waals surface area (Å²) in [6.45, 7) is 4.86. The number of alkyl carbamates (subject to hydrolysis) is 1. The highest BCUT2D eigenvalue weighted by atomic mass is 32.2. The van der Waals surface area contributed by atoms with E-state index in [9.17, 15) is 36.3 Å².